The molecule has 3 aliphatic rings. The van der Waals surface area contributed by atoms with Gasteiger partial charge in [-0.25, -0.2) is 22.5 Å². The molecular weight excluding hydrogens is 538 g/mol. The number of nitrogens with zero attached hydrogens (tertiary/aromatic N) is 2. The zero-order chi connectivity index (χ0) is 26.8. The summed E-state index contributed by atoms with van der Waals surface area (Å²) in [5.74, 6) is -1.41. The molecule has 0 unspecified atom stereocenters. The summed E-state index contributed by atoms with van der Waals surface area (Å²) < 4.78 is 86.4. The van der Waals surface area contributed by atoms with Crippen LogP contribution in [0.2, 0.25) is 5.02 Å². The molecule has 37 heavy (non-hydrogen) atoms. The highest BCUT2D eigenvalue weighted by Crippen LogP contribution is 2.46. The number of rotatable bonds is 8. The third kappa shape index (κ3) is 5.50. The molecule has 2 saturated carbocycles. The average Bonchev–Trinajstić information content (AvgIpc) is 3.67. The number of alkyl halides is 3. The molecule has 2 aromatic rings. The van der Waals surface area contributed by atoms with Crippen molar-refractivity contribution >= 4 is 33.3 Å². The smallest absolute Gasteiger partial charge is 0.434 e. The number of carbonyl (C=O) groups excluding carboxylic acids is 1. The number of carbonyl (C=O) groups is 1. The fourth-order valence-corrected chi connectivity index (χ4v) is 5.92. The van der Waals surface area contributed by atoms with Gasteiger partial charge in [-0.2, -0.15) is 13.2 Å². The van der Waals surface area contributed by atoms with Crippen LogP contribution in [-0.2, 0) is 16.2 Å². The predicted molar refractivity (Wildman–Crippen MR) is 128 cm³/mol. The molecule has 1 saturated heterocycles. The van der Waals surface area contributed by atoms with Crippen LogP contribution in [0.3, 0.4) is 0 Å². The van der Waals surface area contributed by atoms with Gasteiger partial charge in [0.2, 0.25) is 10.0 Å². The van der Waals surface area contributed by atoms with E-state index in [1.165, 1.54) is 12.1 Å². The van der Waals surface area contributed by atoms with E-state index < -0.39 is 49.3 Å². The van der Waals surface area contributed by atoms with Crippen LogP contribution in [0.5, 0.6) is 5.75 Å². The third-order valence-electron chi connectivity index (χ3n) is 6.70. The van der Waals surface area contributed by atoms with Crippen LogP contribution in [-0.4, -0.2) is 44.3 Å². The molecule has 2 heterocycles. The average molecular weight is 562 g/mol. The number of ether oxygens (including phenoxy) is 1. The van der Waals surface area contributed by atoms with Crippen LogP contribution in [0.25, 0.3) is 0 Å². The Morgan fingerprint density at radius 3 is 2.49 bits per heavy atom. The summed E-state index contributed by atoms with van der Waals surface area (Å²) in [6.07, 6.45) is -2.06. The molecule has 2 aliphatic carbocycles. The third-order valence-corrected chi connectivity index (χ3v) is 8.83. The van der Waals surface area contributed by atoms with E-state index in [0.29, 0.717) is 31.5 Å². The van der Waals surface area contributed by atoms with Gasteiger partial charge in [0.15, 0.2) is 5.69 Å². The maximum atomic E-state index is 14.9. The van der Waals surface area contributed by atoms with E-state index in [4.69, 9.17) is 16.3 Å². The fraction of sp³-hybridized carbons (Fsp3) is 0.500. The second-order valence-electron chi connectivity index (χ2n) is 10.3. The monoisotopic (exact) mass is 561 g/mol. The minimum Gasteiger partial charge on any atom is -0.492 e. The summed E-state index contributed by atoms with van der Waals surface area (Å²) >= 11 is 5.65. The van der Waals surface area contributed by atoms with Crippen LogP contribution in [0, 0.1) is 11.2 Å². The maximum Gasteiger partial charge on any atom is 0.434 e. The lowest BCUT2D eigenvalue weighted by atomic mass is 9.83. The Bertz CT molecular complexity index is 1350. The van der Waals surface area contributed by atoms with Crippen LogP contribution >= 0.6 is 11.6 Å². The topological polar surface area (TPSA) is 88.6 Å². The van der Waals surface area contributed by atoms with Gasteiger partial charge in [0, 0.05) is 24.6 Å². The van der Waals surface area contributed by atoms with Gasteiger partial charge < -0.3 is 9.64 Å². The normalized spacial score (nSPS) is 19.4. The largest absolute Gasteiger partial charge is 0.492 e. The maximum absolute atomic E-state index is 14.9. The lowest BCUT2D eigenvalue weighted by molar-refractivity contribution is -0.141. The highest BCUT2D eigenvalue weighted by Gasteiger charge is 2.43. The molecule has 0 spiro atoms. The first-order valence-corrected chi connectivity index (χ1v) is 13.7. The van der Waals surface area contributed by atoms with Crippen molar-refractivity contribution in [3.63, 3.8) is 0 Å². The van der Waals surface area contributed by atoms with Crippen LogP contribution in [0.1, 0.15) is 60.1 Å². The Labute approximate surface area is 216 Å². The van der Waals surface area contributed by atoms with Gasteiger partial charge in [-0.1, -0.05) is 18.5 Å². The molecule has 0 bridgehead atoms. The van der Waals surface area contributed by atoms with Crippen molar-refractivity contribution in [1.82, 2.24) is 9.71 Å². The van der Waals surface area contributed by atoms with E-state index in [1.807, 2.05) is 11.6 Å². The van der Waals surface area contributed by atoms with Gasteiger partial charge >= 0.3 is 6.18 Å². The zero-order valence-electron chi connectivity index (χ0n) is 19.7. The van der Waals surface area contributed by atoms with E-state index >= 15 is 0 Å². The summed E-state index contributed by atoms with van der Waals surface area (Å²) in [5.41, 5.74) is -1.31. The number of nitrogens with one attached hydrogen (secondary N) is 1. The van der Waals surface area contributed by atoms with E-state index in [2.05, 4.69) is 4.98 Å². The Balaban J connectivity index is 1.27. The van der Waals surface area contributed by atoms with E-state index in [-0.39, 0.29) is 29.7 Å². The molecule has 1 N–H and O–H groups in total. The van der Waals surface area contributed by atoms with Crippen LogP contribution in [0.15, 0.2) is 24.3 Å². The van der Waals surface area contributed by atoms with Crippen molar-refractivity contribution in [1.29, 1.82) is 0 Å². The van der Waals surface area contributed by atoms with Gasteiger partial charge in [0.1, 0.15) is 17.4 Å². The van der Waals surface area contributed by atoms with Gasteiger partial charge in [0.05, 0.1) is 22.4 Å². The van der Waals surface area contributed by atoms with Gasteiger partial charge in [0.25, 0.3) is 5.91 Å². The molecule has 0 atom stereocenters. The van der Waals surface area contributed by atoms with Crippen molar-refractivity contribution in [2.75, 3.05) is 24.6 Å². The fourth-order valence-electron chi connectivity index (χ4n) is 4.42. The first-order valence-electron chi connectivity index (χ1n) is 11.8. The molecule has 7 nitrogen and oxygen atoms in total. The standard InChI is InChI=1S/C24H24ClF4N3O4S/c1-23(10-32(11-23)20-7-6-17(25)21(30-20)24(27,28)29)12-36-19-9-18(26)16(8-15(19)13-2-3-13)22(33)31-37(34,35)14-4-5-14/h6-9,13-14H,2-5,10-12H2,1H3,(H,31,33). The van der Waals surface area contributed by atoms with Gasteiger partial charge in [-0.3, -0.25) is 4.79 Å². The van der Waals surface area contributed by atoms with E-state index in [9.17, 15) is 30.8 Å². The number of amides is 1. The van der Waals surface area contributed by atoms with E-state index in [1.54, 1.807) is 4.90 Å². The lowest BCUT2D eigenvalue weighted by Crippen LogP contribution is -2.58. The Hall–Kier alpha value is -2.60. The number of aromatic nitrogens is 1. The van der Waals surface area contributed by atoms with Crippen molar-refractivity contribution in [3.05, 3.63) is 51.9 Å². The summed E-state index contributed by atoms with van der Waals surface area (Å²) in [6, 6.07) is 5.04. The molecule has 1 amide bonds. The first kappa shape index (κ1) is 26.0. The van der Waals surface area contributed by atoms with Crippen molar-refractivity contribution < 1.29 is 35.5 Å². The number of anilines is 1. The number of benzene rings is 1. The summed E-state index contributed by atoms with van der Waals surface area (Å²) in [6.45, 7) is 2.77. The molecule has 3 fully saturated rings. The summed E-state index contributed by atoms with van der Waals surface area (Å²) in [7, 11) is -3.82. The van der Waals surface area contributed by atoms with Gasteiger partial charge in [-0.15, -0.1) is 0 Å². The molecule has 0 radical (unpaired) electrons. The molecule has 200 valence electrons. The number of halogens is 5. The second kappa shape index (κ2) is 9.00. The predicted octanol–water partition coefficient (Wildman–Crippen LogP) is 4.90. The van der Waals surface area contributed by atoms with Crippen molar-refractivity contribution in [2.45, 2.75) is 50.0 Å². The minimum atomic E-state index is -4.67. The first-order chi connectivity index (χ1) is 17.3. The Morgan fingerprint density at radius 2 is 1.89 bits per heavy atom. The van der Waals surface area contributed by atoms with Crippen LogP contribution < -0.4 is 14.4 Å². The van der Waals surface area contributed by atoms with Gasteiger partial charge in [-0.05, 0) is 55.4 Å². The highest BCUT2D eigenvalue weighted by molar-refractivity contribution is 7.91. The van der Waals surface area contributed by atoms with Crippen molar-refractivity contribution in [3.8, 4) is 5.75 Å². The highest BCUT2D eigenvalue weighted by atomic mass is 35.5. The molecular formula is C24H24ClF4N3O4S. The quantitative estimate of drug-likeness (QED) is 0.461. The SMILES string of the molecule is CC1(COc2cc(F)c(C(=O)NS(=O)(=O)C3CC3)cc2C2CC2)CN(c2ccc(Cl)c(C(F)(F)F)n2)C1. The molecule has 1 aliphatic heterocycles. The summed E-state index contributed by atoms with van der Waals surface area (Å²) in [4.78, 5) is 17.9. The molecule has 1 aromatic heterocycles. The number of hydrogen-bond acceptors (Lipinski definition) is 6. The van der Waals surface area contributed by atoms with Crippen molar-refractivity contribution in [2.24, 2.45) is 5.41 Å². The zero-order valence-corrected chi connectivity index (χ0v) is 21.3. The second-order valence-corrected chi connectivity index (χ2v) is 12.6. The Morgan fingerprint density at radius 1 is 1.22 bits per heavy atom. The number of hydrogen-bond donors (Lipinski definition) is 1. The summed E-state index contributed by atoms with van der Waals surface area (Å²) in [5, 5.41) is -1.09. The molecule has 1 aromatic carbocycles. The number of pyridine rings is 1. The Kier molecular flexibility index (Phi) is 6.33. The molecule has 5 rings (SSSR count). The molecule has 13 heteroatoms. The van der Waals surface area contributed by atoms with Crippen LogP contribution in [0.4, 0.5) is 23.4 Å². The van der Waals surface area contributed by atoms with E-state index in [0.717, 1.165) is 25.0 Å². The lowest BCUT2D eigenvalue weighted by Gasteiger charge is -2.48. The minimum absolute atomic E-state index is 0.0759. The number of sulfonamides is 1.